The van der Waals surface area contributed by atoms with Gasteiger partial charge in [0.1, 0.15) is 5.69 Å². The molecule has 0 saturated heterocycles. The van der Waals surface area contributed by atoms with Gasteiger partial charge in [-0.3, -0.25) is 9.78 Å². The van der Waals surface area contributed by atoms with E-state index in [1.165, 1.54) is 25.7 Å². The Labute approximate surface area is 113 Å². The quantitative estimate of drug-likeness (QED) is 0.668. The molecule has 1 N–H and O–H groups in total. The lowest BCUT2D eigenvalue weighted by Gasteiger charge is -2.21. The molecule has 100 valence electrons. The molecule has 4 nitrogen and oxygen atoms in total. The zero-order valence-electron chi connectivity index (χ0n) is 11.2. The van der Waals surface area contributed by atoms with Gasteiger partial charge in [0.25, 0.3) is 5.91 Å². The van der Waals surface area contributed by atoms with Gasteiger partial charge < -0.3 is 0 Å². The van der Waals surface area contributed by atoms with E-state index in [1.807, 2.05) is 6.92 Å². The van der Waals surface area contributed by atoms with Crippen LogP contribution in [0.4, 0.5) is 0 Å². The maximum absolute atomic E-state index is 11.8. The zero-order chi connectivity index (χ0) is 13.2. The first-order chi connectivity index (χ1) is 9.24. The van der Waals surface area contributed by atoms with Crippen molar-refractivity contribution in [1.82, 2.24) is 10.4 Å². The topological polar surface area (TPSA) is 54.4 Å². The van der Waals surface area contributed by atoms with Gasteiger partial charge in [-0.25, -0.2) is 5.43 Å². The Morgan fingerprint density at radius 1 is 1.37 bits per heavy atom. The van der Waals surface area contributed by atoms with Gasteiger partial charge in [0, 0.05) is 17.8 Å². The Morgan fingerprint density at radius 2 is 2.26 bits per heavy atom. The molecular formula is C15H19N3O. The van der Waals surface area contributed by atoms with E-state index in [2.05, 4.69) is 15.5 Å². The lowest BCUT2D eigenvalue weighted by molar-refractivity contribution is 0.0949. The third-order valence-electron chi connectivity index (χ3n) is 4.51. The van der Waals surface area contributed by atoms with Crippen LogP contribution < -0.4 is 5.43 Å². The monoisotopic (exact) mass is 257 g/mol. The van der Waals surface area contributed by atoms with Crippen molar-refractivity contribution in [3.05, 3.63) is 30.1 Å². The van der Waals surface area contributed by atoms with Crippen LogP contribution in [-0.4, -0.2) is 16.6 Å². The summed E-state index contributed by atoms with van der Waals surface area (Å²) in [6.07, 6.45) is 6.93. The zero-order valence-corrected chi connectivity index (χ0v) is 11.2. The van der Waals surface area contributed by atoms with Crippen LogP contribution >= 0.6 is 0 Å². The molecule has 2 fully saturated rings. The second-order valence-corrected chi connectivity index (χ2v) is 5.69. The average Bonchev–Trinajstić information content (AvgIpc) is 3.08. The van der Waals surface area contributed by atoms with E-state index in [-0.39, 0.29) is 5.91 Å². The molecule has 0 aliphatic heterocycles. The van der Waals surface area contributed by atoms with Crippen molar-refractivity contribution in [2.75, 3.05) is 0 Å². The summed E-state index contributed by atoms with van der Waals surface area (Å²) in [6.45, 7) is 2.03. The van der Waals surface area contributed by atoms with Crippen LogP contribution in [0.3, 0.4) is 0 Å². The van der Waals surface area contributed by atoms with E-state index in [1.54, 1.807) is 24.4 Å². The molecule has 2 aliphatic carbocycles. The van der Waals surface area contributed by atoms with Gasteiger partial charge >= 0.3 is 0 Å². The van der Waals surface area contributed by atoms with Crippen molar-refractivity contribution in [3.63, 3.8) is 0 Å². The summed E-state index contributed by atoms with van der Waals surface area (Å²) < 4.78 is 0. The van der Waals surface area contributed by atoms with Crippen molar-refractivity contribution in [2.24, 2.45) is 22.9 Å². The Kier molecular flexibility index (Phi) is 3.32. The van der Waals surface area contributed by atoms with Gasteiger partial charge in [-0.2, -0.15) is 5.10 Å². The first kappa shape index (κ1) is 12.3. The predicted octanol–water partition coefficient (Wildman–Crippen LogP) is 2.62. The van der Waals surface area contributed by atoms with E-state index in [4.69, 9.17) is 0 Å². The minimum atomic E-state index is -0.233. The standard InChI is InChI=1S/C15H19N3O/c1-10(13-9-11-5-6-12(13)8-11)17-18-15(19)14-4-2-3-7-16-14/h2-4,7,11-13H,5-6,8-9H2,1H3,(H,18,19)/b17-10+. The summed E-state index contributed by atoms with van der Waals surface area (Å²) >= 11 is 0. The van der Waals surface area contributed by atoms with Gasteiger partial charge in [-0.15, -0.1) is 0 Å². The molecule has 2 aliphatic rings. The summed E-state index contributed by atoms with van der Waals surface area (Å²) in [5.74, 6) is 2.03. The summed E-state index contributed by atoms with van der Waals surface area (Å²) in [6, 6.07) is 5.28. The Morgan fingerprint density at radius 3 is 2.89 bits per heavy atom. The average molecular weight is 257 g/mol. The second kappa shape index (κ2) is 5.11. The number of aromatic nitrogens is 1. The van der Waals surface area contributed by atoms with Gasteiger partial charge in [-0.05, 0) is 50.2 Å². The molecule has 1 heterocycles. The normalized spacial score (nSPS) is 29.5. The van der Waals surface area contributed by atoms with Crippen molar-refractivity contribution in [2.45, 2.75) is 32.6 Å². The molecule has 2 bridgehead atoms. The van der Waals surface area contributed by atoms with E-state index >= 15 is 0 Å². The predicted molar refractivity (Wildman–Crippen MR) is 73.8 cm³/mol. The number of pyridine rings is 1. The number of hydrogen-bond donors (Lipinski definition) is 1. The molecule has 19 heavy (non-hydrogen) atoms. The molecule has 1 aromatic heterocycles. The van der Waals surface area contributed by atoms with Crippen molar-refractivity contribution in [1.29, 1.82) is 0 Å². The molecule has 1 amide bonds. The van der Waals surface area contributed by atoms with Gasteiger partial charge in [-0.1, -0.05) is 12.5 Å². The largest absolute Gasteiger partial charge is 0.289 e. The van der Waals surface area contributed by atoms with Crippen molar-refractivity contribution < 1.29 is 4.79 Å². The molecule has 3 unspecified atom stereocenters. The summed E-state index contributed by atoms with van der Waals surface area (Å²) in [5.41, 5.74) is 4.10. The lowest BCUT2D eigenvalue weighted by Crippen LogP contribution is -2.25. The van der Waals surface area contributed by atoms with E-state index in [0.29, 0.717) is 11.6 Å². The number of nitrogens with one attached hydrogen (secondary N) is 1. The smallest absolute Gasteiger partial charge is 0.266 e. The third-order valence-corrected chi connectivity index (χ3v) is 4.51. The number of nitrogens with zero attached hydrogens (tertiary/aromatic N) is 2. The highest BCUT2D eigenvalue weighted by Gasteiger charge is 2.40. The van der Waals surface area contributed by atoms with Crippen LogP contribution in [0.2, 0.25) is 0 Å². The van der Waals surface area contributed by atoms with Crippen LogP contribution in [0.15, 0.2) is 29.5 Å². The highest BCUT2D eigenvalue weighted by atomic mass is 16.2. The van der Waals surface area contributed by atoms with Crippen LogP contribution in [-0.2, 0) is 0 Å². The second-order valence-electron chi connectivity index (χ2n) is 5.69. The SMILES string of the molecule is C/C(=N\NC(=O)c1ccccn1)C1CC2CCC1C2. The number of hydrogen-bond acceptors (Lipinski definition) is 3. The number of amides is 1. The number of fused-ring (bicyclic) bond motifs is 2. The lowest BCUT2D eigenvalue weighted by atomic mass is 9.86. The van der Waals surface area contributed by atoms with Crippen LogP contribution in [0.5, 0.6) is 0 Å². The Bertz CT molecular complexity index is 497. The molecular weight excluding hydrogens is 238 g/mol. The van der Waals surface area contributed by atoms with Crippen LogP contribution in [0.1, 0.15) is 43.1 Å². The Hall–Kier alpha value is -1.71. The Balaban J connectivity index is 1.62. The van der Waals surface area contributed by atoms with E-state index < -0.39 is 0 Å². The maximum Gasteiger partial charge on any atom is 0.289 e. The number of hydrazone groups is 1. The summed E-state index contributed by atoms with van der Waals surface area (Å²) in [4.78, 5) is 15.9. The maximum atomic E-state index is 11.8. The third kappa shape index (κ3) is 2.53. The molecule has 2 saturated carbocycles. The van der Waals surface area contributed by atoms with Crippen LogP contribution in [0.25, 0.3) is 0 Å². The van der Waals surface area contributed by atoms with Crippen LogP contribution in [0, 0.1) is 17.8 Å². The van der Waals surface area contributed by atoms with Gasteiger partial charge in [0.2, 0.25) is 0 Å². The summed E-state index contributed by atoms with van der Waals surface area (Å²) in [5, 5.41) is 4.28. The first-order valence-electron chi connectivity index (χ1n) is 6.99. The molecule has 4 heteroatoms. The fraction of sp³-hybridized carbons (Fsp3) is 0.533. The molecule has 3 rings (SSSR count). The van der Waals surface area contributed by atoms with Crippen molar-refractivity contribution in [3.8, 4) is 0 Å². The fourth-order valence-corrected chi connectivity index (χ4v) is 3.53. The molecule has 3 atom stereocenters. The number of carbonyl (C=O) groups is 1. The molecule has 0 aromatic carbocycles. The van der Waals surface area contributed by atoms with E-state index in [9.17, 15) is 4.79 Å². The minimum Gasteiger partial charge on any atom is -0.266 e. The fourth-order valence-electron chi connectivity index (χ4n) is 3.53. The minimum absolute atomic E-state index is 0.233. The highest BCUT2D eigenvalue weighted by molar-refractivity contribution is 5.93. The molecule has 0 radical (unpaired) electrons. The summed E-state index contributed by atoms with van der Waals surface area (Å²) in [7, 11) is 0. The van der Waals surface area contributed by atoms with E-state index in [0.717, 1.165) is 17.5 Å². The first-order valence-corrected chi connectivity index (χ1v) is 6.99. The molecule has 1 aromatic rings. The van der Waals surface area contributed by atoms with Gasteiger partial charge in [0.05, 0.1) is 0 Å². The molecule has 0 spiro atoms. The number of rotatable bonds is 3. The number of carbonyl (C=O) groups excluding carboxylic acids is 1. The highest BCUT2D eigenvalue weighted by Crippen LogP contribution is 2.48. The van der Waals surface area contributed by atoms with Gasteiger partial charge in [0.15, 0.2) is 0 Å². The van der Waals surface area contributed by atoms with Crippen molar-refractivity contribution >= 4 is 11.6 Å².